The first-order valence-electron chi connectivity index (χ1n) is 4.05. The van der Waals surface area contributed by atoms with E-state index in [1.54, 1.807) is 12.1 Å². The molecule has 0 radical (unpaired) electrons. The van der Waals surface area contributed by atoms with E-state index in [-0.39, 0.29) is 6.01 Å². The van der Waals surface area contributed by atoms with Crippen LogP contribution in [0, 0.1) is 0 Å². The highest BCUT2D eigenvalue weighted by molar-refractivity contribution is 5.70. The number of halogens is 3. The Hall–Kier alpha value is -1.79. The average molecular weight is 217 g/mol. The summed E-state index contributed by atoms with van der Waals surface area (Å²) in [5.74, 6) is 0. The summed E-state index contributed by atoms with van der Waals surface area (Å²) in [6.45, 7) is -1.37. The Morgan fingerprint density at radius 2 is 2.20 bits per heavy atom. The Bertz CT molecular complexity index is 432. The van der Waals surface area contributed by atoms with Gasteiger partial charge in [-0.15, -0.1) is 0 Å². The lowest BCUT2D eigenvalue weighted by molar-refractivity contribution is -0.154. The maximum absolute atomic E-state index is 11.8. The second-order valence-corrected chi connectivity index (χ2v) is 2.82. The molecule has 2 heterocycles. The molecule has 0 amide bonds. The van der Waals surface area contributed by atoms with Crippen molar-refractivity contribution in [1.29, 1.82) is 0 Å². The van der Waals surface area contributed by atoms with Gasteiger partial charge in [-0.05, 0) is 12.1 Å². The first-order valence-corrected chi connectivity index (χ1v) is 4.05. The number of ether oxygens (including phenoxy) is 1. The van der Waals surface area contributed by atoms with Gasteiger partial charge in [0.15, 0.2) is 12.3 Å². The summed E-state index contributed by atoms with van der Waals surface area (Å²) < 4.78 is 39.9. The molecule has 2 aromatic rings. The van der Waals surface area contributed by atoms with Crippen LogP contribution in [0.25, 0.3) is 11.2 Å². The maximum atomic E-state index is 11.8. The molecular formula is C8H6F3N3O. The summed E-state index contributed by atoms with van der Waals surface area (Å²) in [4.78, 5) is 10.1. The van der Waals surface area contributed by atoms with Gasteiger partial charge in [-0.3, -0.25) is 0 Å². The second kappa shape index (κ2) is 3.41. The van der Waals surface area contributed by atoms with Gasteiger partial charge < -0.3 is 9.72 Å². The Morgan fingerprint density at radius 1 is 1.40 bits per heavy atom. The zero-order valence-electron chi connectivity index (χ0n) is 7.38. The maximum Gasteiger partial charge on any atom is 0.422 e. The first kappa shape index (κ1) is 9.75. The Labute approximate surface area is 82.1 Å². The number of hydrogen-bond acceptors (Lipinski definition) is 3. The second-order valence-electron chi connectivity index (χ2n) is 2.82. The molecule has 15 heavy (non-hydrogen) atoms. The number of hydrogen-bond donors (Lipinski definition) is 1. The zero-order valence-corrected chi connectivity index (χ0v) is 7.38. The van der Waals surface area contributed by atoms with Crippen molar-refractivity contribution in [3.63, 3.8) is 0 Å². The van der Waals surface area contributed by atoms with E-state index in [2.05, 4.69) is 19.7 Å². The van der Waals surface area contributed by atoms with Crippen molar-refractivity contribution in [1.82, 2.24) is 15.0 Å². The number of nitrogens with zero attached hydrogens (tertiary/aromatic N) is 2. The fourth-order valence-corrected chi connectivity index (χ4v) is 1.04. The van der Waals surface area contributed by atoms with Gasteiger partial charge in [-0.1, -0.05) is 0 Å². The van der Waals surface area contributed by atoms with Crippen LogP contribution in [-0.4, -0.2) is 27.7 Å². The van der Waals surface area contributed by atoms with E-state index in [4.69, 9.17) is 0 Å². The molecule has 0 saturated heterocycles. The number of fused-ring (bicyclic) bond motifs is 1. The highest BCUT2D eigenvalue weighted by Crippen LogP contribution is 2.18. The SMILES string of the molecule is FC(F)(F)COc1nc2ncccc2[nH]1. The third-order valence-corrected chi connectivity index (χ3v) is 1.61. The van der Waals surface area contributed by atoms with Crippen molar-refractivity contribution < 1.29 is 17.9 Å². The van der Waals surface area contributed by atoms with Crippen molar-refractivity contribution in [2.75, 3.05) is 6.61 Å². The van der Waals surface area contributed by atoms with Crippen LogP contribution in [0.1, 0.15) is 0 Å². The standard InChI is InChI=1S/C8H6F3N3O/c9-8(10,11)4-15-7-13-5-2-1-3-12-6(5)14-7/h1-3H,4H2,(H,12,13,14). The van der Waals surface area contributed by atoms with Crippen molar-refractivity contribution in [3.05, 3.63) is 18.3 Å². The number of rotatable bonds is 2. The van der Waals surface area contributed by atoms with Gasteiger partial charge in [-0.25, -0.2) is 4.98 Å². The molecule has 80 valence electrons. The molecule has 0 atom stereocenters. The van der Waals surface area contributed by atoms with Crippen LogP contribution >= 0.6 is 0 Å². The molecule has 2 rings (SSSR count). The lowest BCUT2D eigenvalue weighted by Gasteiger charge is -2.05. The summed E-state index contributed by atoms with van der Waals surface area (Å²) in [5.41, 5.74) is 0.865. The molecule has 0 fully saturated rings. The molecule has 7 heteroatoms. The summed E-state index contributed by atoms with van der Waals surface area (Å²) in [7, 11) is 0. The van der Waals surface area contributed by atoms with Gasteiger partial charge in [0.25, 0.3) is 6.01 Å². The number of pyridine rings is 1. The van der Waals surface area contributed by atoms with E-state index in [0.29, 0.717) is 11.2 Å². The topological polar surface area (TPSA) is 50.8 Å². The molecule has 1 N–H and O–H groups in total. The van der Waals surface area contributed by atoms with Crippen LogP contribution < -0.4 is 4.74 Å². The molecule has 0 aliphatic carbocycles. The summed E-state index contributed by atoms with van der Waals surface area (Å²) in [6, 6.07) is 3.12. The van der Waals surface area contributed by atoms with Crippen molar-refractivity contribution in [3.8, 4) is 6.01 Å². The minimum absolute atomic E-state index is 0.180. The summed E-state index contributed by atoms with van der Waals surface area (Å²) in [6.07, 6.45) is -2.87. The number of nitrogens with one attached hydrogen (secondary N) is 1. The largest absolute Gasteiger partial charge is 0.455 e. The molecule has 0 aromatic carbocycles. The number of aromatic nitrogens is 3. The van der Waals surface area contributed by atoms with Crippen LogP contribution in [0.2, 0.25) is 0 Å². The van der Waals surface area contributed by atoms with Crippen LogP contribution in [-0.2, 0) is 0 Å². The van der Waals surface area contributed by atoms with Gasteiger partial charge in [0.1, 0.15) is 0 Å². The van der Waals surface area contributed by atoms with Gasteiger partial charge in [0.05, 0.1) is 5.52 Å². The lowest BCUT2D eigenvalue weighted by Crippen LogP contribution is -2.19. The monoisotopic (exact) mass is 217 g/mol. The molecule has 0 aliphatic rings. The van der Waals surface area contributed by atoms with Gasteiger partial charge >= 0.3 is 6.18 Å². The molecular weight excluding hydrogens is 211 g/mol. The molecule has 0 unspecified atom stereocenters. The fraction of sp³-hybridized carbons (Fsp3) is 0.250. The quantitative estimate of drug-likeness (QED) is 0.835. The van der Waals surface area contributed by atoms with Crippen LogP contribution in [0.3, 0.4) is 0 Å². The van der Waals surface area contributed by atoms with Gasteiger partial charge in [0, 0.05) is 6.20 Å². The predicted octanol–water partition coefficient (Wildman–Crippen LogP) is 1.90. The lowest BCUT2D eigenvalue weighted by atomic mass is 10.4. The Morgan fingerprint density at radius 3 is 2.87 bits per heavy atom. The number of imidazole rings is 1. The molecule has 0 bridgehead atoms. The highest BCUT2D eigenvalue weighted by Gasteiger charge is 2.29. The summed E-state index contributed by atoms with van der Waals surface area (Å²) in [5, 5.41) is 0. The third kappa shape index (κ3) is 2.36. The summed E-state index contributed by atoms with van der Waals surface area (Å²) >= 11 is 0. The van der Waals surface area contributed by atoms with Crippen LogP contribution in [0.5, 0.6) is 6.01 Å². The van der Waals surface area contributed by atoms with E-state index >= 15 is 0 Å². The van der Waals surface area contributed by atoms with Crippen LogP contribution in [0.15, 0.2) is 18.3 Å². The average Bonchev–Trinajstić information content (AvgIpc) is 2.56. The molecule has 0 spiro atoms. The normalized spacial score (nSPS) is 11.9. The van der Waals surface area contributed by atoms with E-state index in [1.165, 1.54) is 6.20 Å². The van der Waals surface area contributed by atoms with Crippen molar-refractivity contribution >= 4 is 11.2 Å². The van der Waals surface area contributed by atoms with Crippen molar-refractivity contribution in [2.45, 2.75) is 6.18 Å². The van der Waals surface area contributed by atoms with Gasteiger partial charge in [0.2, 0.25) is 0 Å². The highest BCUT2D eigenvalue weighted by atomic mass is 19.4. The van der Waals surface area contributed by atoms with Gasteiger partial charge in [-0.2, -0.15) is 18.2 Å². The van der Waals surface area contributed by atoms with E-state index in [0.717, 1.165) is 0 Å². The van der Waals surface area contributed by atoms with E-state index in [1.807, 2.05) is 0 Å². The number of alkyl halides is 3. The first-order chi connectivity index (χ1) is 7.04. The molecule has 4 nitrogen and oxygen atoms in total. The smallest absolute Gasteiger partial charge is 0.422 e. The Balaban J connectivity index is 2.16. The number of H-pyrrole nitrogens is 1. The van der Waals surface area contributed by atoms with Crippen molar-refractivity contribution in [2.24, 2.45) is 0 Å². The minimum atomic E-state index is -4.37. The minimum Gasteiger partial charge on any atom is -0.455 e. The van der Waals surface area contributed by atoms with E-state index < -0.39 is 12.8 Å². The fourth-order valence-electron chi connectivity index (χ4n) is 1.04. The molecule has 0 aliphatic heterocycles. The van der Waals surface area contributed by atoms with E-state index in [9.17, 15) is 13.2 Å². The molecule has 2 aromatic heterocycles. The van der Waals surface area contributed by atoms with Crippen LogP contribution in [0.4, 0.5) is 13.2 Å². The predicted molar refractivity (Wildman–Crippen MR) is 45.4 cm³/mol. The number of aromatic amines is 1. The Kier molecular flexibility index (Phi) is 2.22. The third-order valence-electron chi connectivity index (χ3n) is 1.61. The molecule has 0 saturated carbocycles. The zero-order chi connectivity index (χ0) is 10.9.